The third kappa shape index (κ3) is 3.53. The van der Waals surface area contributed by atoms with Gasteiger partial charge in [0, 0.05) is 51.1 Å². The van der Waals surface area contributed by atoms with E-state index in [0.29, 0.717) is 6.42 Å². The van der Waals surface area contributed by atoms with Gasteiger partial charge in [-0.25, -0.2) is 0 Å². The van der Waals surface area contributed by atoms with Crippen LogP contribution in [0.2, 0.25) is 0 Å². The van der Waals surface area contributed by atoms with Crippen LogP contribution in [0.5, 0.6) is 0 Å². The van der Waals surface area contributed by atoms with E-state index in [9.17, 15) is 4.79 Å². The topological polar surface area (TPSA) is 67.4 Å². The van der Waals surface area contributed by atoms with E-state index >= 15 is 0 Å². The van der Waals surface area contributed by atoms with Crippen molar-refractivity contribution in [3.8, 4) is 0 Å². The molecule has 1 saturated heterocycles. The Labute approximate surface area is 153 Å². The molecule has 7 heteroatoms. The third-order valence-electron chi connectivity index (χ3n) is 5.54. The van der Waals surface area contributed by atoms with Gasteiger partial charge in [-0.05, 0) is 32.8 Å². The fraction of sp³-hybridized carbons (Fsp3) is 0.632. The van der Waals surface area contributed by atoms with Gasteiger partial charge in [-0.1, -0.05) is 5.16 Å². The minimum atomic E-state index is 0.272. The van der Waals surface area contributed by atoms with Crippen LogP contribution < -0.4 is 0 Å². The maximum absolute atomic E-state index is 12.2. The molecule has 0 spiro atoms. The van der Waals surface area contributed by atoms with Crippen molar-refractivity contribution in [3.05, 3.63) is 34.5 Å². The zero-order valence-electron chi connectivity index (χ0n) is 15.7. The van der Waals surface area contributed by atoms with Crippen LogP contribution in [-0.4, -0.2) is 50.3 Å². The fourth-order valence-electron chi connectivity index (χ4n) is 3.95. The number of carbonyl (C=O) groups is 1. The third-order valence-corrected chi connectivity index (χ3v) is 5.54. The number of carbonyl (C=O) groups excluding carboxylic acids is 1. The molecule has 0 unspecified atom stereocenters. The summed E-state index contributed by atoms with van der Waals surface area (Å²) in [6.07, 6.45) is 3.59. The van der Waals surface area contributed by atoms with Crippen LogP contribution in [0.3, 0.4) is 0 Å². The molecule has 0 aromatic carbocycles. The molecule has 0 radical (unpaired) electrons. The first kappa shape index (κ1) is 17.3. The lowest BCUT2D eigenvalue weighted by Crippen LogP contribution is -2.33. The van der Waals surface area contributed by atoms with E-state index in [1.165, 1.54) is 11.3 Å². The highest BCUT2D eigenvalue weighted by Gasteiger charge is 2.22. The number of rotatable bonds is 5. The van der Waals surface area contributed by atoms with Gasteiger partial charge in [0.15, 0.2) is 0 Å². The van der Waals surface area contributed by atoms with Gasteiger partial charge < -0.3 is 9.42 Å². The molecular formula is C19H27N5O2. The van der Waals surface area contributed by atoms with Gasteiger partial charge in [0.2, 0.25) is 5.91 Å². The summed E-state index contributed by atoms with van der Waals surface area (Å²) in [7, 11) is 0. The van der Waals surface area contributed by atoms with E-state index < -0.39 is 0 Å². The van der Waals surface area contributed by atoms with E-state index in [1.54, 1.807) is 0 Å². The lowest BCUT2D eigenvalue weighted by Gasteiger charge is -2.27. The van der Waals surface area contributed by atoms with E-state index in [0.717, 1.165) is 75.7 Å². The molecule has 0 bridgehead atoms. The summed E-state index contributed by atoms with van der Waals surface area (Å²) in [5, 5.41) is 8.75. The number of aromatic nitrogens is 3. The second-order valence-electron chi connectivity index (χ2n) is 7.45. The molecule has 7 nitrogen and oxygen atoms in total. The Kier molecular flexibility index (Phi) is 4.80. The number of likely N-dealkylation sites (tertiary alicyclic amines) is 1. The molecule has 4 rings (SSSR count). The van der Waals surface area contributed by atoms with Gasteiger partial charge >= 0.3 is 0 Å². The minimum Gasteiger partial charge on any atom is -0.361 e. The molecule has 0 saturated carbocycles. The first-order valence-electron chi connectivity index (χ1n) is 9.57. The van der Waals surface area contributed by atoms with Crippen molar-refractivity contribution in [1.82, 2.24) is 24.7 Å². The summed E-state index contributed by atoms with van der Waals surface area (Å²) in [6, 6.07) is 2.16. The maximum Gasteiger partial charge on any atom is 0.222 e. The Balaban J connectivity index is 1.35. The van der Waals surface area contributed by atoms with Crippen molar-refractivity contribution in [2.45, 2.75) is 59.2 Å². The highest BCUT2D eigenvalue weighted by Crippen LogP contribution is 2.20. The zero-order chi connectivity index (χ0) is 18.1. The normalized spacial score (nSPS) is 17.7. The van der Waals surface area contributed by atoms with Gasteiger partial charge in [-0.15, -0.1) is 0 Å². The van der Waals surface area contributed by atoms with Crippen LogP contribution >= 0.6 is 0 Å². The van der Waals surface area contributed by atoms with Crippen molar-refractivity contribution in [1.29, 1.82) is 0 Å². The highest BCUT2D eigenvalue weighted by atomic mass is 16.5. The standard InChI is InChI=1S/C19H27N5O2/c1-14-18(15(2)26-21-14)13-22-9-10-24-17(12-22)11-16(20-24)5-6-19(25)23-7-3-4-8-23/h11H,3-10,12-13H2,1-2H3. The molecule has 0 atom stereocenters. The van der Waals surface area contributed by atoms with Crippen LogP contribution in [0.4, 0.5) is 0 Å². The van der Waals surface area contributed by atoms with E-state index in [2.05, 4.69) is 20.8 Å². The first-order chi connectivity index (χ1) is 12.6. The van der Waals surface area contributed by atoms with Crippen LogP contribution in [0.1, 0.15) is 47.7 Å². The number of hydrogen-bond donors (Lipinski definition) is 0. The van der Waals surface area contributed by atoms with Crippen molar-refractivity contribution in [3.63, 3.8) is 0 Å². The van der Waals surface area contributed by atoms with Crippen molar-refractivity contribution >= 4 is 5.91 Å². The maximum atomic E-state index is 12.2. The molecular weight excluding hydrogens is 330 g/mol. The van der Waals surface area contributed by atoms with Crippen molar-refractivity contribution in [2.24, 2.45) is 0 Å². The van der Waals surface area contributed by atoms with Crippen LogP contribution in [0.15, 0.2) is 10.6 Å². The Bertz CT molecular complexity index is 768. The largest absolute Gasteiger partial charge is 0.361 e. The molecule has 2 aromatic heterocycles. The van der Waals surface area contributed by atoms with Gasteiger partial charge in [0.1, 0.15) is 5.76 Å². The summed E-state index contributed by atoms with van der Waals surface area (Å²) in [5.74, 6) is 1.18. The number of nitrogens with zero attached hydrogens (tertiary/aromatic N) is 5. The van der Waals surface area contributed by atoms with Crippen LogP contribution in [0, 0.1) is 13.8 Å². The molecule has 1 amide bonds. The summed E-state index contributed by atoms with van der Waals surface area (Å²) < 4.78 is 7.37. The lowest BCUT2D eigenvalue weighted by atomic mass is 10.1. The van der Waals surface area contributed by atoms with Gasteiger partial charge in [-0.2, -0.15) is 5.10 Å². The Morgan fingerprint density at radius 2 is 2.00 bits per heavy atom. The fourth-order valence-corrected chi connectivity index (χ4v) is 3.95. The first-order valence-corrected chi connectivity index (χ1v) is 9.57. The van der Waals surface area contributed by atoms with Crippen molar-refractivity contribution in [2.75, 3.05) is 19.6 Å². The Morgan fingerprint density at radius 3 is 2.73 bits per heavy atom. The predicted molar refractivity (Wildman–Crippen MR) is 96.5 cm³/mol. The summed E-state index contributed by atoms with van der Waals surface area (Å²) >= 11 is 0. The zero-order valence-corrected chi connectivity index (χ0v) is 15.7. The number of fused-ring (bicyclic) bond motifs is 1. The SMILES string of the molecule is Cc1noc(C)c1CN1CCn2nc(CCC(=O)N3CCCC3)cc2C1. The number of amides is 1. The Hall–Kier alpha value is -2.15. The molecule has 140 valence electrons. The second kappa shape index (κ2) is 7.23. The molecule has 2 aliphatic heterocycles. The number of aryl methyl sites for hydroxylation is 3. The smallest absolute Gasteiger partial charge is 0.222 e. The average Bonchev–Trinajstić information content (AvgIpc) is 3.36. The molecule has 0 aliphatic carbocycles. The summed E-state index contributed by atoms with van der Waals surface area (Å²) in [5.41, 5.74) is 4.43. The quantitative estimate of drug-likeness (QED) is 0.819. The predicted octanol–water partition coefficient (Wildman–Crippen LogP) is 2.06. The monoisotopic (exact) mass is 357 g/mol. The van der Waals surface area contributed by atoms with E-state index in [-0.39, 0.29) is 5.91 Å². The van der Waals surface area contributed by atoms with Gasteiger partial charge in [-0.3, -0.25) is 14.4 Å². The lowest BCUT2D eigenvalue weighted by molar-refractivity contribution is -0.130. The average molecular weight is 357 g/mol. The van der Waals surface area contributed by atoms with E-state index in [4.69, 9.17) is 9.62 Å². The minimum absolute atomic E-state index is 0.272. The number of hydrogen-bond acceptors (Lipinski definition) is 5. The van der Waals surface area contributed by atoms with E-state index in [1.807, 2.05) is 18.7 Å². The molecule has 2 aliphatic rings. The second-order valence-corrected chi connectivity index (χ2v) is 7.45. The van der Waals surface area contributed by atoms with Gasteiger partial charge in [0.05, 0.1) is 23.6 Å². The Morgan fingerprint density at radius 1 is 1.19 bits per heavy atom. The van der Waals surface area contributed by atoms with Crippen LogP contribution in [-0.2, 0) is 30.8 Å². The molecule has 4 heterocycles. The molecule has 1 fully saturated rings. The van der Waals surface area contributed by atoms with Crippen molar-refractivity contribution < 1.29 is 9.32 Å². The molecule has 0 N–H and O–H groups in total. The van der Waals surface area contributed by atoms with Crippen LogP contribution in [0.25, 0.3) is 0 Å². The summed E-state index contributed by atoms with van der Waals surface area (Å²) in [6.45, 7) is 9.40. The molecule has 26 heavy (non-hydrogen) atoms. The van der Waals surface area contributed by atoms with Gasteiger partial charge in [0.25, 0.3) is 0 Å². The molecule has 2 aromatic rings. The highest BCUT2D eigenvalue weighted by molar-refractivity contribution is 5.76. The summed E-state index contributed by atoms with van der Waals surface area (Å²) in [4.78, 5) is 16.6.